The molecule has 0 aliphatic rings. The maximum absolute atomic E-state index is 12.2. The average molecular weight is 370 g/mol. The van der Waals surface area contributed by atoms with Crippen LogP contribution in [0.3, 0.4) is 0 Å². The van der Waals surface area contributed by atoms with Gasteiger partial charge in [0.2, 0.25) is 0 Å². The maximum Gasteiger partial charge on any atom is 0.338 e. The Kier molecular flexibility index (Phi) is 6.54. The largest absolute Gasteiger partial charge is 0.465 e. The summed E-state index contributed by atoms with van der Waals surface area (Å²) >= 11 is 0. The predicted octanol–water partition coefficient (Wildman–Crippen LogP) is 2.72. The van der Waals surface area contributed by atoms with Crippen LogP contribution in [0, 0.1) is 0 Å². The molecule has 0 aliphatic heterocycles. The van der Waals surface area contributed by atoms with Gasteiger partial charge in [0.1, 0.15) is 0 Å². The molecule has 1 amide bonds. The van der Waals surface area contributed by atoms with Crippen LogP contribution in [0.2, 0.25) is 0 Å². The van der Waals surface area contributed by atoms with Crippen molar-refractivity contribution in [1.82, 2.24) is 0 Å². The zero-order chi connectivity index (χ0) is 20.0. The number of nitrogens with zero attached hydrogens (tertiary/aromatic N) is 1. The van der Waals surface area contributed by atoms with E-state index in [-0.39, 0.29) is 5.56 Å². The molecule has 0 spiro atoms. The SMILES string of the molecule is COC(=O)c1ccc(C(=O)OC(C)C(=O)Nc2ccc(N(C)C)cc2)cc1. The van der Waals surface area contributed by atoms with Gasteiger partial charge in [-0.2, -0.15) is 0 Å². The van der Waals surface area contributed by atoms with Crippen molar-refractivity contribution in [3.8, 4) is 0 Å². The molecule has 0 radical (unpaired) electrons. The second-order valence-electron chi connectivity index (χ2n) is 6.05. The molecule has 0 heterocycles. The van der Waals surface area contributed by atoms with E-state index in [1.807, 2.05) is 31.1 Å². The number of ether oxygens (including phenoxy) is 2. The second-order valence-corrected chi connectivity index (χ2v) is 6.05. The third-order valence-corrected chi connectivity index (χ3v) is 3.85. The van der Waals surface area contributed by atoms with Crippen LogP contribution in [-0.4, -0.2) is 45.2 Å². The summed E-state index contributed by atoms with van der Waals surface area (Å²) in [7, 11) is 5.12. The van der Waals surface area contributed by atoms with E-state index in [9.17, 15) is 14.4 Å². The molecular formula is C20H22N2O5. The molecule has 0 saturated heterocycles. The molecule has 7 nitrogen and oxygen atoms in total. The molecule has 0 fully saturated rings. The van der Waals surface area contributed by atoms with Crippen molar-refractivity contribution in [2.24, 2.45) is 0 Å². The van der Waals surface area contributed by atoms with Crippen LogP contribution < -0.4 is 10.2 Å². The summed E-state index contributed by atoms with van der Waals surface area (Å²) < 4.78 is 9.78. The third kappa shape index (κ3) is 5.31. The molecule has 1 N–H and O–H groups in total. The van der Waals surface area contributed by atoms with Gasteiger partial charge in [-0.25, -0.2) is 9.59 Å². The van der Waals surface area contributed by atoms with Crippen molar-refractivity contribution >= 4 is 29.2 Å². The average Bonchev–Trinajstić information content (AvgIpc) is 2.67. The molecule has 7 heteroatoms. The quantitative estimate of drug-likeness (QED) is 0.787. The van der Waals surface area contributed by atoms with Gasteiger partial charge in [-0.15, -0.1) is 0 Å². The number of hydrogen-bond acceptors (Lipinski definition) is 6. The lowest BCUT2D eigenvalue weighted by Gasteiger charge is -2.15. The molecule has 27 heavy (non-hydrogen) atoms. The van der Waals surface area contributed by atoms with Crippen molar-refractivity contribution in [3.63, 3.8) is 0 Å². The van der Waals surface area contributed by atoms with Crippen LogP contribution in [0.15, 0.2) is 48.5 Å². The number of hydrogen-bond donors (Lipinski definition) is 1. The minimum atomic E-state index is -0.980. The van der Waals surface area contributed by atoms with Gasteiger partial charge >= 0.3 is 11.9 Å². The standard InChI is InChI=1S/C20H22N2O5/c1-13(18(23)21-16-9-11-17(12-10-16)22(2)3)27-20(25)15-7-5-14(6-8-15)19(24)26-4/h5-13H,1-4H3,(H,21,23). The highest BCUT2D eigenvalue weighted by Crippen LogP contribution is 2.16. The summed E-state index contributed by atoms with van der Waals surface area (Å²) in [5, 5.41) is 2.70. The number of esters is 2. The van der Waals surface area contributed by atoms with Crippen LogP contribution in [0.4, 0.5) is 11.4 Å². The van der Waals surface area contributed by atoms with Gasteiger partial charge in [0.15, 0.2) is 6.10 Å². The fourth-order valence-electron chi connectivity index (χ4n) is 2.23. The predicted molar refractivity (Wildman–Crippen MR) is 102 cm³/mol. The van der Waals surface area contributed by atoms with Gasteiger partial charge in [0.25, 0.3) is 5.91 Å². The van der Waals surface area contributed by atoms with Crippen LogP contribution >= 0.6 is 0 Å². The van der Waals surface area contributed by atoms with E-state index in [4.69, 9.17) is 4.74 Å². The van der Waals surface area contributed by atoms with Gasteiger partial charge < -0.3 is 19.7 Å². The molecular weight excluding hydrogens is 348 g/mol. The summed E-state index contributed by atoms with van der Waals surface area (Å²) in [6.07, 6.45) is -0.980. The summed E-state index contributed by atoms with van der Waals surface area (Å²) in [4.78, 5) is 37.7. The first kappa shape index (κ1) is 20.0. The molecule has 1 atom stereocenters. The molecule has 0 bridgehead atoms. The first-order chi connectivity index (χ1) is 12.8. The van der Waals surface area contributed by atoms with Gasteiger partial charge in [-0.3, -0.25) is 4.79 Å². The number of amides is 1. The lowest BCUT2D eigenvalue weighted by Crippen LogP contribution is -2.30. The van der Waals surface area contributed by atoms with Crippen molar-refractivity contribution in [2.75, 3.05) is 31.4 Å². The number of carbonyl (C=O) groups is 3. The van der Waals surface area contributed by atoms with Gasteiger partial charge in [0.05, 0.1) is 18.2 Å². The Morgan fingerprint density at radius 2 is 1.41 bits per heavy atom. The normalized spacial score (nSPS) is 11.3. The number of carbonyl (C=O) groups excluding carboxylic acids is 3. The Morgan fingerprint density at radius 1 is 0.889 bits per heavy atom. The topological polar surface area (TPSA) is 84.9 Å². The molecule has 2 rings (SSSR count). The van der Waals surface area contributed by atoms with E-state index in [2.05, 4.69) is 10.1 Å². The minimum absolute atomic E-state index is 0.234. The van der Waals surface area contributed by atoms with E-state index < -0.39 is 23.9 Å². The zero-order valence-electron chi connectivity index (χ0n) is 15.7. The first-order valence-electron chi connectivity index (χ1n) is 8.29. The van der Waals surface area contributed by atoms with E-state index in [1.165, 1.54) is 38.3 Å². The molecule has 0 aromatic heterocycles. The second kappa shape index (κ2) is 8.84. The Balaban J connectivity index is 1.94. The molecule has 0 saturated carbocycles. The van der Waals surface area contributed by atoms with Crippen molar-refractivity contribution < 1.29 is 23.9 Å². The Bertz CT molecular complexity index is 813. The molecule has 2 aromatic carbocycles. The minimum Gasteiger partial charge on any atom is -0.465 e. The van der Waals surface area contributed by atoms with Crippen LogP contribution in [0.5, 0.6) is 0 Å². The lowest BCUT2D eigenvalue weighted by molar-refractivity contribution is -0.123. The van der Waals surface area contributed by atoms with Gasteiger partial charge in [-0.05, 0) is 55.5 Å². The molecule has 1 unspecified atom stereocenters. The number of benzene rings is 2. The van der Waals surface area contributed by atoms with Gasteiger partial charge in [-0.1, -0.05) is 0 Å². The number of anilines is 2. The van der Waals surface area contributed by atoms with Crippen LogP contribution in [0.25, 0.3) is 0 Å². The van der Waals surface area contributed by atoms with Crippen molar-refractivity contribution in [3.05, 3.63) is 59.7 Å². The van der Waals surface area contributed by atoms with Crippen LogP contribution in [-0.2, 0) is 14.3 Å². The van der Waals surface area contributed by atoms with E-state index in [0.29, 0.717) is 11.3 Å². The van der Waals surface area contributed by atoms with Crippen molar-refractivity contribution in [1.29, 1.82) is 0 Å². The fraction of sp³-hybridized carbons (Fsp3) is 0.250. The highest BCUT2D eigenvalue weighted by Gasteiger charge is 2.19. The summed E-state index contributed by atoms with van der Waals surface area (Å²) in [6, 6.07) is 13.1. The summed E-state index contributed by atoms with van der Waals surface area (Å²) in [5.74, 6) is -1.59. The summed E-state index contributed by atoms with van der Waals surface area (Å²) in [5.41, 5.74) is 2.16. The smallest absolute Gasteiger partial charge is 0.338 e. The maximum atomic E-state index is 12.2. The Labute approximate surface area is 157 Å². The van der Waals surface area contributed by atoms with Crippen LogP contribution in [0.1, 0.15) is 27.6 Å². The molecule has 142 valence electrons. The monoisotopic (exact) mass is 370 g/mol. The highest BCUT2D eigenvalue weighted by atomic mass is 16.5. The third-order valence-electron chi connectivity index (χ3n) is 3.85. The Hall–Kier alpha value is -3.35. The number of methoxy groups -OCH3 is 1. The van der Waals surface area contributed by atoms with E-state index in [0.717, 1.165) is 5.69 Å². The fourth-order valence-corrected chi connectivity index (χ4v) is 2.23. The zero-order valence-corrected chi connectivity index (χ0v) is 15.7. The molecule has 0 aliphatic carbocycles. The van der Waals surface area contributed by atoms with Gasteiger partial charge in [0, 0.05) is 25.5 Å². The number of rotatable bonds is 6. The Morgan fingerprint density at radius 3 is 1.89 bits per heavy atom. The number of nitrogens with one attached hydrogen (secondary N) is 1. The van der Waals surface area contributed by atoms with Crippen molar-refractivity contribution in [2.45, 2.75) is 13.0 Å². The molecule has 2 aromatic rings. The van der Waals surface area contributed by atoms with E-state index >= 15 is 0 Å². The lowest BCUT2D eigenvalue weighted by atomic mass is 10.1. The first-order valence-corrected chi connectivity index (χ1v) is 8.29. The van der Waals surface area contributed by atoms with E-state index in [1.54, 1.807) is 12.1 Å². The summed E-state index contributed by atoms with van der Waals surface area (Å²) in [6.45, 7) is 1.49. The highest BCUT2D eigenvalue weighted by molar-refractivity contribution is 5.98.